The Bertz CT molecular complexity index is 398. The van der Waals surface area contributed by atoms with Gasteiger partial charge in [-0.2, -0.15) is 0 Å². The second kappa shape index (κ2) is 4.72. The van der Waals surface area contributed by atoms with Gasteiger partial charge in [0, 0.05) is 12.7 Å². The third-order valence-corrected chi connectivity index (χ3v) is 5.20. The average molecular weight is 252 g/mol. The molecule has 1 aliphatic heterocycles. The second-order valence-corrected chi connectivity index (χ2v) is 5.82. The van der Waals surface area contributed by atoms with Crippen LogP contribution < -0.4 is 5.32 Å². The van der Waals surface area contributed by atoms with Crippen molar-refractivity contribution in [3.63, 3.8) is 0 Å². The second-order valence-electron chi connectivity index (χ2n) is 4.02. The number of nitrogens with zero attached hydrogens (tertiary/aromatic N) is 1. The molecule has 0 radical (unpaired) electrons. The van der Waals surface area contributed by atoms with Crippen molar-refractivity contribution in [2.45, 2.75) is 24.5 Å². The van der Waals surface area contributed by atoms with E-state index >= 15 is 0 Å². The summed E-state index contributed by atoms with van der Waals surface area (Å²) in [6, 6.07) is 6.19. The Kier molecular flexibility index (Phi) is 3.50. The van der Waals surface area contributed by atoms with Crippen molar-refractivity contribution in [2.75, 3.05) is 12.8 Å². The summed E-state index contributed by atoms with van der Waals surface area (Å²) < 4.78 is -0.0872. The summed E-state index contributed by atoms with van der Waals surface area (Å²) in [5.41, 5.74) is 2.16. The quantitative estimate of drug-likeness (QED) is 0.818. The minimum absolute atomic E-state index is 0.0872. The maximum Gasteiger partial charge on any atom is 0.108 e. The number of aryl methyl sites for hydroxylation is 1. The summed E-state index contributed by atoms with van der Waals surface area (Å²) in [6.07, 6.45) is 2.30. The van der Waals surface area contributed by atoms with Crippen LogP contribution in [0.15, 0.2) is 18.2 Å². The van der Waals surface area contributed by atoms with Gasteiger partial charge in [-0.25, -0.2) is 0 Å². The largest absolute Gasteiger partial charge is 0.381 e. The number of aromatic nitrogens is 1. The molecular weight excluding hydrogens is 236 g/mol. The Hall–Kier alpha value is -0.610. The van der Waals surface area contributed by atoms with Crippen LogP contribution in [-0.4, -0.2) is 22.8 Å². The van der Waals surface area contributed by atoms with Crippen LogP contribution in [0.3, 0.4) is 0 Å². The molecule has 0 amide bonds. The number of nitrogens with one attached hydrogen (secondary N) is 1. The third-order valence-electron chi connectivity index (χ3n) is 2.92. The van der Waals surface area contributed by atoms with Gasteiger partial charge in [-0.15, -0.1) is 11.8 Å². The van der Waals surface area contributed by atoms with Crippen molar-refractivity contribution in [1.29, 1.82) is 0 Å². The average Bonchev–Trinajstić information content (AvgIpc) is 2.78. The normalized spacial score (nSPS) is 24.4. The maximum absolute atomic E-state index is 5.48. The number of rotatable bonds is 2. The molecule has 1 aliphatic rings. The highest BCUT2D eigenvalue weighted by molar-refractivity contribution is 8.02. The van der Waals surface area contributed by atoms with Gasteiger partial charge < -0.3 is 5.32 Å². The molecule has 86 valence electrons. The van der Waals surface area contributed by atoms with Crippen molar-refractivity contribution in [2.24, 2.45) is 0 Å². The van der Waals surface area contributed by atoms with Gasteiger partial charge in [0.2, 0.25) is 0 Å². The summed E-state index contributed by atoms with van der Waals surface area (Å²) in [5, 5.41) is 3.14. The smallest absolute Gasteiger partial charge is 0.108 e. The Morgan fingerprint density at radius 3 is 2.94 bits per heavy atom. The Morgan fingerprint density at radius 1 is 1.56 bits per heavy atom. The number of thioether (sulfide) groups is 1. The van der Waals surface area contributed by atoms with Gasteiger partial charge in [-0.05, 0) is 37.7 Å². The molecule has 0 spiro atoms. The van der Waals surface area contributed by atoms with E-state index in [1.54, 1.807) is 0 Å². The van der Waals surface area contributed by atoms with Gasteiger partial charge in [0.1, 0.15) is 4.75 Å². The van der Waals surface area contributed by atoms with E-state index in [1.165, 1.54) is 6.42 Å². The standard InChI is InChI=1S/C12H16N2S2/c1-9-5-3-6-10(14-9)12(11(15)13-2)7-4-8-16-12/h3,5-6H,4,7-8H2,1-2H3,(H,13,15). The van der Waals surface area contributed by atoms with E-state index < -0.39 is 0 Å². The molecule has 2 rings (SSSR count). The molecule has 1 saturated heterocycles. The Balaban J connectivity index is 2.43. The molecule has 4 heteroatoms. The summed E-state index contributed by atoms with van der Waals surface area (Å²) in [5.74, 6) is 1.16. The Morgan fingerprint density at radius 2 is 2.38 bits per heavy atom. The lowest BCUT2D eigenvalue weighted by Gasteiger charge is -2.28. The number of pyridine rings is 1. The number of hydrogen-bond acceptors (Lipinski definition) is 3. The molecule has 1 aromatic rings. The summed E-state index contributed by atoms with van der Waals surface area (Å²) >= 11 is 7.40. The third kappa shape index (κ3) is 1.96. The molecule has 0 aromatic carbocycles. The molecular formula is C12H16N2S2. The maximum atomic E-state index is 5.48. The van der Waals surface area contributed by atoms with Gasteiger partial charge in [0.05, 0.1) is 10.7 Å². The van der Waals surface area contributed by atoms with Crippen LogP contribution in [0.1, 0.15) is 24.2 Å². The van der Waals surface area contributed by atoms with Gasteiger partial charge >= 0.3 is 0 Å². The number of hydrogen-bond donors (Lipinski definition) is 1. The fourth-order valence-electron chi connectivity index (χ4n) is 2.11. The zero-order chi connectivity index (χ0) is 11.6. The monoisotopic (exact) mass is 252 g/mol. The van der Waals surface area contributed by atoms with Gasteiger partial charge in [-0.3, -0.25) is 4.98 Å². The van der Waals surface area contributed by atoms with Gasteiger partial charge in [-0.1, -0.05) is 18.3 Å². The van der Waals surface area contributed by atoms with E-state index in [9.17, 15) is 0 Å². The predicted octanol–water partition coefficient (Wildman–Crippen LogP) is 2.66. The first-order chi connectivity index (χ1) is 7.69. The predicted molar refractivity (Wildman–Crippen MR) is 74.0 cm³/mol. The minimum Gasteiger partial charge on any atom is -0.381 e. The fraction of sp³-hybridized carbons (Fsp3) is 0.500. The molecule has 2 heterocycles. The van der Waals surface area contributed by atoms with Gasteiger partial charge in [0.15, 0.2) is 0 Å². The van der Waals surface area contributed by atoms with E-state index in [0.717, 1.165) is 28.6 Å². The molecule has 1 unspecified atom stereocenters. The highest BCUT2D eigenvalue weighted by Gasteiger charge is 2.41. The molecule has 0 bridgehead atoms. The first-order valence-corrected chi connectivity index (χ1v) is 6.89. The Labute approximate surface area is 106 Å². The molecule has 1 atom stereocenters. The lowest BCUT2D eigenvalue weighted by Crippen LogP contribution is -2.37. The highest BCUT2D eigenvalue weighted by Crippen LogP contribution is 2.46. The van der Waals surface area contributed by atoms with Gasteiger partial charge in [0.25, 0.3) is 0 Å². The lowest BCUT2D eigenvalue weighted by atomic mass is 9.98. The zero-order valence-corrected chi connectivity index (χ0v) is 11.3. The van der Waals surface area contributed by atoms with Crippen LogP contribution in [0.25, 0.3) is 0 Å². The van der Waals surface area contributed by atoms with Crippen LogP contribution in [0.2, 0.25) is 0 Å². The summed E-state index contributed by atoms with van der Waals surface area (Å²) in [7, 11) is 1.90. The number of thiocarbonyl (C=S) groups is 1. The van der Waals surface area contributed by atoms with Crippen molar-refractivity contribution in [3.8, 4) is 0 Å². The topological polar surface area (TPSA) is 24.9 Å². The van der Waals surface area contributed by atoms with Crippen molar-refractivity contribution in [1.82, 2.24) is 10.3 Å². The molecule has 1 fully saturated rings. The summed E-state index contributed by atoms with van der Waals surface area (Å²) in [6.45, 7) is 2.03. The SMILES string of the molecule is CNC(=S)C1(c2cccc(C)n2)CCCS1. The van der Waals surface area contributed by atoms with Crippen LogP contribution >= 0.6 is 24.0 Å². The van der Waals surface area contributed by atoms with Crippen LogP contribution in [0, 0.1) is 6.92 Å². The van der Waals surface area contributed by atoms with E-state index in [4.69, 9.17) is 12.2 Å². The van der Waals surface area contributed by atoms with Crippen molar-refractivity contribution < 1.29 is 0 Å². The van der Waals surface area contributed by atoms with E-state index in [-0.39, 0.29) is 4.75 Å². The molecule has 2 nitrogen and oxygen atoms in total. The van der Waals surface area contributed by atoms with E-state index in [0.29, 0.717) is 0 Å². The zero-order valence-electron chi connectivity index (χ0n) is 9.62. The van der Waals surface area contributed by atoms with Crippen molar-refractivity contribution in [3.05, 3.63) is 29.6 Å². The van der Waals surface area contributed by atoms with Crippen molar-refractivity contribution >= 4 is 29.0 Å². The van der Waals surface area contributed by atoms with E-state index in [2.05, 4.69) is 22.4 Å². The molecule has 1 aromatic heterocycles. The molecule has 16 heavy (non-hydrogen) atoms. The molecule has 0 saturated carbocycles. The lowest BCUT2D eigenvalue weighted by molar-refractivity contribution is 0.708. The first kappa shape index (κ1) is 11.9. The molecule has 1 N–H and O–H groups in total. The van der Waals surface area contributed by atoms with Crippen LogP contribution in [-0.2, 0) is 4.75 Å². The highest BCUT2D eigenvalue weighted by atomic mass is 32.2. The van der Waals surface area contributed by atoms with E-state index in [1.807, 2.05) is 31.8 Å². The summed E-state index contributed by atoms with van der Waals surface area (Å²) in [4.78, 5) is 5.56. The van der Waals surface area contributed by atoms with Crippen LogP contribution in [0.4, 0.5) is 0 Å². The number of likely N-dealkylation sites (N-methyl/N-ethyl adjacent to an activating group) is 1. The minimum atomic E-state index is -0.0872. The fourth-order valence-corrected chi connectivity index (χ4v) is 3.91. The first-order valence-electron chi connectivity index (χ1n) is 5.49. The molecule has 0 aliphatic carbocycles. The van der Waals surface area contributed by atoms with Crippen LogP contribution in [0.5, 0.6) is 0 Å².